The summed E-state index contributed by atoms with van der Waals surface area (Å²) >= 11 is 0. The number of rotatable bonds is 3. The van der Waals surface area contributed by atoms with Crippen molar-refractivity contribution in [1.29, 1.82) is 0 Å². The first kappa shape index (κ1) is 15.5. The average molecular weight is 289 g/mol. The van der Waals surface area contributed by atoms with Gasteiger partial charge in [0, 0.05) is 11.6 Å². The Morgan fingerprint density at radius 1 is 1.19 bits per heavy atom. The van der Waals surface area contributed by atoms with Crippen LogP contribution in [0.15, 0.2) is 30.3 Å². The number of primary amides is 1. The summed E-state index contributed by atoms with van der Waals surface area (Å²) in [6.07, 6.45) is 3.56. The number of carbonyl (C=O) groups excluding carboxylic acids is 2. The highest BCUT2D eigenvalue weighted by atomic mass is 16.2. The van der Waals surface area contributed by atoms with Gasteiger partial charge in [0.1, 0.15) is 0 Å². The molecule has 0 atom stereocenters. The minimum atomic E-state index is -0.914. The lowest BCUT2D eigenvalue weighted by Crippen LogP contribution is -2.50. The maximum Gasteiger partial charge on any atom is 0.309 e. The quantitative estimate of drug-likeness (QED) is 0.815. The van der Waals surface area contributed by atoms with Crippen LogP contribution in [0.4, 0.5) is 0 Å². The highest BCUT2D eigenvalue weighted by Gasteiger charge is 2.39. The largest absolute Gasteiger partial charge is 0.361 e. The van der Waals surface area contributed by atoms with E-state index < -0.39 is 11.8 Å². The number of nitrogens with one attached hydrogen (secondary N) is 1. The molecular formula is C16H23N3O2. The summed E-state index contributed by atoms with van der Waals surface area (Å²) in [6, 6.07) is 10.5. The smallest absolute Gasteiger partial charge is 0.309 e. The lowest BCUT2D eigenvalue weighted by Gasteiger charge is -2.45. The molecule has 1 aliphatic carbocycles. The normalized spacial score (nSPS) is 25.6. The van der Waals surface area contributed by atoms with Gasteiger partial charge in [0.05, 0.1) is 0 Å². The van der Waals surface area contributed by atoms with Gasteiger partial charge in [-0.2, -0.15) is 0 Å². The monoisotopic (exact) mass is 289 g/mol. The van der Waals surface area contributed by atoms with Crippen LogP contribution in [0.25, 0.3) is 0 Å². The van der Waals surface area contributed by atoms with Crippen molar-refractivity contribution in [1.82, 2.24) is 10.2 Å². The maximum absolute atomic E-state index is 11.4. The molecule has 0 radical (unpaired) electrons. The van der Waals surface area contributed by atoms with Crippen LogP contribution in [0.5, 0.6) is 0 Å². The fourth-order valence-electron chi connectivity index (χ4n) is 3.24. The molecule has 0 heterocycles. The molecule has 1 aliphatic rings. The average Bonchev–Trinajstić information content (AvgIpc) is 2.48. The van der Waals surface area contributed by atoms with Crippen LogP contribution in [0.1, 0.15) is 31.2 Å². The summed E-state index contributed by atoms with van der Waals surface area (Å²) < 4.78 is 0. The van der Waals surface area contributed by atoms with E-state index >= 15 is 0 Å². The van der Waals surface area contributed by atoms with E-state index in [1.54, 1.807) is 0 Å². The molecule has 0 aliphatic heterocycles. The highest BCUT2D eigenvalue weighted by molar-refractivity contribution is 6.34. The van der Waals surface area contributed by atoms with Crippen molar-refractivity contribution in [3.8, 4) is 0 Å². The topological polar surface area (TPSA) is 75.4 Å². The third-order valence-corrected chi connectivity index (χ3v) is 4.54. The van der Waals surface area contributed by atoms with E-state index in [4.69, 9.17) is 5.73 Å². The van der Waals surface area contributed by atoms with Crippen LogP contribution in [-0.4, -0.2) is 36.9 Å². The number of hydrogen-bond acceptors (Lipinski definition) is 3. The summed E-state index contributed by atoms with van der Waals surface area (Å²) in [5, 5.41) is 2.71. The minimum Gasteiger partial charge on any atom is -0.361 e. The van der Waals surface area contributed by atoms with Gasteiger partial charge in [-0.3, -0.25) is 14.5 Å². The summed E-state index contributed by atoms with van der Waals surface area (Å²) in [7, 11) is 4.19. The predicted octanol–water partition coefficient (Wildman–Crippen LogP) is 0.988. The Kier molecular flexibility index (Phi) is 4.63. The number of nitrogens with two attached hydrogens (primary N) is 1. The summed E-state index contributed by atoms with van der Waals surface area (Å²) in [6.45, 7) is 0. The fraction of sp³-hybridized carbons (Fsp3) is 0.500. The van der Waals surface area contributed by atoms with E-state index in [0.717, 1.165) is 25.7 Å². The third-order valence-electron chi connectivity index (χ3n) is 4.54. The molecule has 3 N–H and O–H groups in total. The molecule has 1 aromatic rings. The lowest BCUT2D eigenvalue weighted by atomic mass is 9.74. The van der Waals surface area contributed by atoms with Crippen molar-refractivity contribution in [2.75, 3.05) is 14.1 Å². The number of hydrogen-bond donors (Lipinski definition) is 2. The van der Waals surface area contributed by atoms with Crippen LogP contribution < -0.4 is 11.1 Å². The Bertz CT molecular complexity index is 506. The van der Waals surface area contributed by atoms with Gasteiger partial charge in [0.15, 0.2) is 0 Å². The number of nitrogens with zero attached hydrogens (tertiary/aromatic N) is 1. The van der Waals surface area contributed by atoms with Gasteiger partial charge >= 0.3 is 11.8 Å². The van der Waals surface area contributed by atoms with E-state index in [9.17, 15) is 9.59 Å². The van der Waals surface area contributed by atoms with Crippen LogP contribution in [0, 0.1) is 0 Å². The minimum absolute atomic E-state index is 0.00475. The first-order chi connectivity index (χ1) is 9.95. The molecule has 0 unspecified atom stereocenters. The van der Waals surface area contributed by atoms with Gasteiger partial charge in [-0.25, -0.2) is 0 Å². The first-order valence-corrected chi connectivity index (χ1v) is 7.29. The fourth-order valence-corrected chi connectivity index (χ4v) is 3.24. The second-order valence-corrected chi connectivity index (χ2v) is 5.90. The SMILES string of the molecule is CN(C)C1(c2ccccc2)CCC(NC(=O)C(N)=O)CC1. The van der Waals surface area contributed by atoms with Gasteiger partial charge in [0.25, 0.3) is 0 Å². The Balaban J connectivity index is 2.09. The zero-order valence-corrected chi connectivity index (χ0v) is 12.6. The molecule has 1 fully saturated rings. The molecule has 5 nitrogen and oxygen atoms in total. The van der Waals surface area contributed by atoms with E-state index in [1.807, 2.05) is 6.07 Å². The van der Waals surface area contributed by atoms with Crippen LogP contribution >= 0.6 is 0 Å². The van der Waals surface area contributed by atoms with E-state index in [1.165, 1.54) is 5.56 Å². The summed E-state index contributed by atoms with van der Waals surface area (Å²) in [5.74, 6) is -1.60. The van der Waals surface area contributed by atoms with Crippen LogP contribution in [-0.2, 0) is 15.1 Å². The molecule has 21 heavy (non-hydrogen) atoms. The van der Waals surface area contributed by atoms with Crippen molar-refractivity contribution >= 4 is 11.8 Å². The first-order valence-electron chi connectivity index (χ1n) is 7.29. The van der Waals surface area contributed by atoms with Crippen molar-refractivity contribution in [3.63, 3.8) is 0 Å². The van der Waals surface area contributed by atoms with E-state index in [2.05, 4.69) is 48.6 Å². The molecular weight excluding hydrogens is 266 g/mol. The van der Waals surface area contributed by atoms with Crippen LogP contribution in [0.3, 0.4) is 0 Å². The number of carbonyl (C=O) groups is 2. The molecule has 0 saturated heterocycles. The molecule has 2 rings (SSSR count). The van der Waals surface area contributed by atoms with Crippen molar-refractivity contribution in [3.05, 3.63) is 35.9 Å². The van der Waals surface area contributed by atoms with Crippen LogP contribution in [0.2, 0.25) is 0 Å². The molecule has 114 valence electrons. The van der Waals surface area contributed by atoms with E-state index in [-0.39, 0.29) is 11.6 Å². The van der Waals surface area contributed by atoms with Crippen molar-refractivity contribution < 1.29 is 9.59 Å². The molecule has 0 aromatic heterocycles. The van der Waals surface area contributed by atoms with Crippen molar-refractivity contribution in [2.45, 2.75) is 37.3 Å². The Morgan fingerprint density at radius 2 is 1.76 bits per heavy atom. The van der Waals surface area contributed by atoms with Crippen molar-refractivity contribution in [2.24, 2.45) is 5.73 Å². The maximum atomic E-state index is 11.4. The van der Waals surface area contributed by atoms with Gasteiger partial charge in [-0.05, 0) is 45.3 Å². The molecule has 0 bridgehead atoms. The van der Waals surface area contributed by atoms with Gasteiger partial charge < -0.3 is 11.1 Å². The second kappa shape index (κ2) is 6.26. The molecule has 1 saturated carbocycles. The number of benzene rings is 1. The molecule has 0 spiro atoms. The summed E-state index contributed by atoms with van der Waals surface area (Å²) in [4.78, 5) is 24.5. The van der Waals surface area contributed by atoms with E-state index in [0.29, 0.717) is 0 Å². The molecule has 1 aromatic carbocycles. The zero-order chi connectivity index (χ0) is 15.5. The molecule has 2 amide bonds. The standard InChI is InChI=1S/C16H23N3O2/c1-19(2)16(12-6-4-3-5-7-12)10-8-13(9-11-16)18-15(21)14(17)20/h3-7,13H,8-11H2,1-2H3,(H2,17,20)(H,18,21). The Hall–Kier alpha value is -1.88. The van der Waals surface area contributed by atoms with Gasteiger partial charge in [0.2, 0.25) is 0 Å². The molecule has 5 heteroatoms. The lowest BCUT2D eigenvalue weighted by molar-refractivity contribution is -0.138. The highest BCUT2D eigenvalue weighted by Crippen LogP contribution is 2.40. The second-order valence-electron chi connectivity index (χ2n) is 5.90. The third kappa shape index (κ3) is 3.24. The Labute approximate surface area is 125 Å². The predicted molar refractivity (Wildman–Crippen MR) is 81.4 cm³/mol. The zero-order valence-electron chi connectivity index (χ0n) is 12.6. The number of amides is 2. The van der Waals surface area contributed by atoms with Gasteiger partial charge in [-0.15, -0.1) is 0 Å². The Morgan fingerprint density at radius 3 is 2.24 bits per heavy atom. The summed E-state index contributed by atoms with van der Waals surface area (Å²) in [5.41, 5.74) is 6.28. The van der Waals surface area contributed by atoms with Gasteiger partial charge in [-0.1, -0.05) is 30.3 Å².